The number of aromatic amines is 1. The number of nitrogens with one attached hydrogen (secondary N) is 1. The Morgan fingerprint density at radius 1 is 1.33 bits per heavy atom. The molecule has 2 aromatic heterocycles. The highest BCUT2D eigenvalue weighted by Crippen LogP contribution is 2.21. The van der Waals surface area contributed by atoms with Gasteiger partial charge in [0.15, 0.2) is 5.65 Å². The minimum absolute atomic E-state index is 0.594. The SMILES string of the molecule is CC.CCOc1ncnc2n[nH]c(C)c12. The normalized spacial score (nSPS) is 9.60. The number of hydrogen-bond donors (Lipinski definition) is 1. The second kappa shape index (κ2) is 5.29. The van der Waals surface area contributed by atoms with Crippen molar-refractivity contribution in [2.75, 3.05) is 6.61 Å². The number of aromatic nitrogens is 4. The molecule has 2 rings (SSSR count). The van der Waals surface area contributed by atoms with Crippen LogP contribution in [0.3, 0.4) is 0 Å². The lowest BCUT2D eigenvalue weighted by Gasteiger charge is -2.01. The third-order valence-corrected chi connectivity index (χ3v) is 1.78. The first-order valence-electron chi connectivity index (χ1n) is 5.11. The van der Waals surface area contributed by atoms with Crippen LogP contribution >= 0.6 is 0 Å². The van der Waals surface area contributed by atoms with Gasteiger partial charge in [-0.1, -0.05) is 13.8 Å². The van der Waals surface area contributed by atoms with E-state index in [0.29, 0.717) is 18.1 Å². The largest absolute Gasteiger partial charge is 0.477 e. The fourth-order valence-electron chi connectivity index (χ4n) is 1.21. The molecule has 0 saturated heterocycles. The molecule has 0 fully saturated rings. The molecule has 0 aliphatic carbocycles. The Bertz CT molecular complexity index is 424. The topological polar surface area (TPSA) is 63.7 Å². The van der Waals surface area contributed by atoms with Crippen LogP contribution in [0.5, 0.6) is 5.88 Å². The predicted molar refractivity (Wildman–Crippen MR) is 58.9 cm³/mol. The first-order valence-corrected chi connectivity index (χ1v) is 5.11. The van der Waals surface area contributed by atoms with E-state index in [2.05, 4.69) is 20.2 Å². The maximum absolute atomic E-state index is 5.35. The van der Waals surface area contributed by atoms with Crippen molar-refractivity contribution < 1.29 is 4.74 Å². The zero-order chi connectivity index (χ0) is 11.3. The molecule has 0 atom stereocenters. The summed E-state index contributed by atoms with van der Waals surface area (Å²) in [4.78, 5) is 8.05. The number of fused-ring (bicyclic) bond motifs is 1. The molecular formula is C10H16N4O. The van der Waals surface area contributed by atoms with Crippen molar-refractivity contribution in [3.05, 3.63) is 12.0 Å². The Morgan fingerprint density at radius 2 is 2.07 bits per heavy atom. The van der Waals surface area contributed by atoms with Crippen LogP contribution in [0.1, 0.15) is 26.5 Å². The van der Waals surface area contributed by atoms with E-state index in [1.165, 1.54) is 6.33 Å². The maximum Gasteiger partial charge on any atom is 0.228 e. The molecule has 0 bridgehead atoms. The molecule has 2 aromatic rings. The van der Waals surface area contributed by atoms with Gasteiger partial charge in [-0.25, -0.2) is 9.97 Å². The van der Waals surface area contributed by atoms with Gasteiger partial charge in [0.1, 0.15) is 11.7 Å². The van der Waals surface area contributed by atoms with Crippen molar-refractivity contribution in [2.45, 2.75) is 27.7 Å². The summed E-state index contributed by atoms with van der Waals surface area (Å²) in [5.74, 6) is 0.596. The summed E-state index contributed by atoms with van der Waals surface area (Å²) in [6.07, 6.45) is 1.45. The van der Waals surface area contributed by atoms with E-state index >= 15 is 0 Å². The van der Waals surface area contributed by atoms with Gasteiger partial charge in [-0.3, -0.25) is 5.10 Å². The third kappa shape index (κ3) is 2.23. The Labute approximate surface area is 88.9 Å². The van der Waals surface area contributed by atoms with E-state index in [4.69, 9.17) is 4.74 Å². The molecule has 0 saturated carbocycles. The standard InChI is InChI=1S/C8H10N4O.C2H6/c1-3-13-8-6-5(2)11-12-7(6)9-4-10-8;1-2/h4H,3H2,1-2H3,(H,9,10,11,12);1-2H3. The van der Waals surface area contributed by atoms with Gasteiger partial charge in [0.2, 0.25) is 5.88 Å². The van der Waals surface area contributed by atoms with Crippen molar-refractivity contribution >= 4 is 11.0 Å². The molecule has 0 amide bonds. The molecule has 0 spiro atoms. The second-order valence-electron chi connectivity index (χ2n) is 2.66. The molecule has 0 aliphatic heterocycles. The van der Waals surface area contributed by atoms with E-state index in [-0.39, 0.29) is 0 Å². The van der Waals surface area contributed by atoms with E-state index in [9.17, 15) is 0 Å². The predicted octanol–water partition coefficient (Wildman–Crippen LogP) is 2.09. The molecule has 15 heavy (non-hydrogen) atoms. The molecule has 5 nitrogen and oxygen atoms in total. The summed E-state index contributed by atoms with van der Waals surface area (Å²) in [5, 5.41) is 7.71. The number of rotatable bonds is 2. The summed E-state index contributed by atoms with van der Waals surface area (Å²) in [7, 11) is 0. The van der Waals surface area contributed by atoms with Gasteiger partial charge in [0.25, 0.3) is 0 Å². The minimum atomic E-state index is 0.594. The summed E-state index contributed by atoms with van der Waals surface area (Å²) < 4.78 is 5.35. The molecule has 0 radical (unpaired) electrons. The fraction of sp³-hybridized carbons (Fsp3) is 0.500. The first-order chi connectivity index (χ1) is 7.33. The lowest BCUT2D eigenvalue weighted by atomic mass is 10.3. The van der Waals surface area contributed by atoms with Crippen molar-refractivity contribution in [2.24, 2.45) is 0 Å². The summed E-state index contributed by atoms with van der Waals surface area (Å²) in [5.41, 5.74) is 1.58. The number of nitrogens with zero attached hydrogens (tertiary/aromatic N) is 3. The van der Waals surface area contributed by atoms with Gasteiger partial charge >= 0.3 is 0 Å². The van der Waals surface area contributed by atoms with Crippen LogP contribution in [0.25, 0.3) is 11.0 Å². The van der Waals surface area contributed by atoms with Crippen molar-refractivity contribution in [3.8, 4) is 5.88 Å². The van der Waals surface area contributed by atoms with Crippen molar-refractivity contribution in [1.29, 1.82) is 0 Å². The zero-order valence-electron chi connectivity index (χ0n) is 9.53. The lowest BCUT2D eigenvalue weighted by molar-refractivity contribution is 0.330. The van der Waals surface area contributed by atoms with Gasteiger partial charge in [-0.2, -0.15) is 5.10 Å². The van der Waals surface area contributed by atoms with E-state index in [1.54, 1.807) is 0 Å². The Balaban J connectivity index is 0.000000531. The Morgan fingerprint density at radius 3 is 2.73 bits per heavy atom. The van der Waals surface area contributed by atoms with Gasteiger partial charge in [0.05, 0.1) is 6.61 Å². The van der Waals surface area contributed by atoms with Crippen molar-refractivity contribution in [3.63, 3.8) is 0 Å². The van der Waals surface area contributed by atoms with Gasteiger partial charge in [-0.15, -0.1) is 0 Å². The molecular weight excluding hydrogens is 192 g/mol. The lowest BCUT2D eigenvalue weighted by Crippen LogP contribution is -1.95. The van der Waals surface area contributed by atoms with Gasteiger partial charge in [0, 0.05) is 5.69 Å². The number of H-pyrrole nitrogens is 1. The quantitative estimate of drug-likeness (QED) is 0.820. The molecule has 0 aliphatic rings. The van der Waals surface area contributed by atoms with Crippen LogP contribution < -0.4 is 4.74 Å². The van der Waals surface area contributed by atoms with E-state index < -0.39 is 0 Å². The van der Waals surface area contributed by atoms with Gasteiger partial charge in [-0.05, 0) is 13.8 Å². The molecule has 0 aromatic carbocycles. The Kier molecular flexibility index (Phi) is 4.03. The van der Waals surface area contributed by atoms with Gasteiger partial charge < -0.3 is 4.74 Å². The molecule has 1 N–H and O–H groups in total. The fourth-order valence-corrected chi connectivity index (χ4v) is 1.21. The summed E-state index contributed by atoms with van der Waals surface area (Å²) in [6, 6.07) is 0. The number of aryl methyl sites for hydroxylation is 1. The number of hydrogen-bond acceptors (Lipinski definition) is 4. The molecule has 0 unspecified atom stereocenters. The van der Waals surface area contributed by atoms with E-state index in [0.717, 1.165) is 11.1 Å². The van der Waals surface area contributed by atoms with Crippen LogP contribution in [0.2, 0.25) is 0 Å². The van der Waals surface area contributed by atoms with Crippen LogP contribution in [-0.2, 0) is 0 Å². The first kappa shape index (κ1) is 11.4. The summed E-state index contributed by atoms with van der Waals surface area (Å²) >= 11 is 0. The average Bonchev–Trinajstić information content (AvgIpc) is 2.65. The molecule has 5 heteroatoms. The molecule has 82 valence electrons. The summed E-state index contributed by atoms with van der Waals surface area (Å²) in [6.45, 7) is 8.43. The highest BCUT2D eigenvalue weighted by atomic mass is 16.5. The van der Waals surface area contributed by atoms with Crippen LogP contribution in [0.15, 0.2) is 6.33 Å². The highest BCUT2D eigenvalue weighted by molar-refractivity contribution is 5.82. The highest BCUT2D eigenvalue weighted by Gasteiger charge is 2.09. The average molecular weight is 208 g/mol. The third-order valence-electron chi connectivity index (χ3n) is 1.78. The van der Waals surface area contributed by atoms with Crippen LogP contribution in [0, 0.1) is 6.92 Å². The monoisotopic (exact) mass is 208 g/mol. The number of ether oxygens (including phenoxy) is 1. The zero-order valence-corrected chi connectivity index (χ0v) is 9.53. The van der Waals surface area contributed by atoms with Crippen molar-refractivity contribution in [1.82, 2.24) is 20.2 Å². The van der Waals surface area contributed by atoms with E-state index in [1.807, 2.05) is 27.7 Å². The maximum atomic E-state index is 5.35. The second-order valence-corrected chi connectivity index (χ2v) is 2.66. The Hall–Kier alpha value is -1.65. The van der Waals surface area contributed by atoms with Crippen LogP contribution in [0.4, 0.5) is 0 Å². The minimum Gasteiger partial charge on any atom is -0.477 e. The molecule has 2 heterocycles. The van der Waals surface area contributed by atoms with Crippen LogP contribution in [-0.4, -0.2) is 26.8 Å². The smallest absolute Gasteiger partial charge is 0.228 e.